The molecule has 0 bridgehead atoms. The number of rotatable bonds is 5. The van der Waals surface area contributed by atoms with Gasteiger partial charge in [0.25, 0.3) is 10.0 Å². The van der Waals surface area contributed by atoms with E-state index in [1.54, 1.807) is 24.3 Å². The van der Waals surface area contributed by atoms with E-state index in [1.165, 1.54) is 30.5 Å². The average molecular weight is 306 g/mol. The molecule has 6 heteroatoms. The van der Waals surface area contributed by atoms with E-state index < -0.39 is 10.0 Å². The van der Waals surface area contributed by atoms with E-state index >= 15 is 0 Å². The Kier molecular flexibility index (Phi) is 4.70. The van der Waals surface area contributed by atoms with Gasteiger partial charge in [0, 0.05) is 12.6 Å². The van der Waals surface area contributed by atoms with E-state index in [4.69, 9.17) is 0 Å². The molecule has 0 spiro atoms. The first-order valence-corrected chi connectivity index (χ1v) is 7.80. The summed E-state index contributed by atoms with van der Waals surface area (Å²) in [5.74, 6) is -0.332. The molecule has 1 N–H and O–H groups in total. The first-order chi connectivity index (χ1) is 9.97. The fraction of sp³-hybridized carbons (Fsp3) is 0.133. The van der Waals surface area contributed by atoms with Gasteiger partial charge in [-0.2, -0.15) is 13.5 Å². The SMILES string of the molecule is Cc1ccc(S(=O)(=O)N/N=C/Cc2cccc(F)c2)cc1. The molecule has 0 aliphatic heterocycles. The van der Waals surface area contributed by atoms with Crippen LogP contribution in [0.2, 0.25) is 0 Å². The molecule has 0 aromatic heterocycles. The van der Waals surface area contributed by atoms with Crippen LogP contribution in [0.5, 0.6) is 0 Å². The minimum atomic E-state index is -3.66. The predicted molar refractivity (Wildman–Crippen MR) is 80.1 cm³/mol. The molecule has 0 radical (unpaired) electrons. The number of hydrazone groups is 1. The van der Waals surface area contributed by atoms with Crippen molar-refractivity contribution < 1.29 is 12.8 Å². The Labute approximate surface area is 123 Å². The van der Waals surface area contributed by atoms with Crippen molar-refractivity contribution >= 4 is 16.2 Å². The molecule has 0 saturated heterocycles. The number of benzene rings is 2. The third-order valence-corrected chi connectivity index (χ3v) is 4.05. The lowest BCUT2D eigenvalue weighted by molar-refractivity contribution is 0.584. The number of nitrogens with one attached hydrogen (secondary N) is 1. The molecule has 2 aromatic carbocycles. The summed E-state index contributed by atoms with van der Waals surface area (Å²) in [5.41, 5.74) is 1.69. The molecule has 2 rings (SSSR count). The summed E-state index contributed by atoms with van der Waals surface area (Å²) in [6.07, 6.45) is 1.73. The van der Waals surface area contributed by atoms with Crippen LogP contribution < -0.4 is 4.83 Å². The molecular weight excluding hydrogens is 291 g/mol. The van der Waals surface area contributed by atoms with E-state index in [0.717, 1.165) is 5.56 Å². The number of halogens is 1. The van der Waals surface area contributed by atoms with E-state index in [2.05, 4.69) is 9.93 Å². The van der Waals surface area contributed by atoms with Crippen molar-refractivity contribution in [2.45, 2.75) is 18.2 Å². The molecular formula is C15H15FN2O2S. The summed E-state index contributed by atoms with van der Waals surface area (Å²) >= 11 is 0. The maximum Gasteiger partial charge on any atom is 0.276 e. The molecule has 0 fully saturated rings. The zero-order valence-electron chi connectivity index (χ0n) is 11.5. The Morgan fingerprint density at radius 3 is 2.57 bits per heavy atom. The number of sulfonamides is 1. The quantitative estimate of drug-likeness (QED) is 0.682. The lowest BCUT2D eigenvalue weighted by Crippen LogP contribution is -2.18. The summed E-state index contributed by atoms with van der Waals surface area (Å²) in [6, 6.07) is 12.5. The van der Waals surface area contributed by atoms with Crippen LogP contribution in [-0.2, 0) is 16.4 Å². The van der Waals surface area contributed by atoms with Crippen LogP contribution in [0.1, 0.15) is 11.1 Å². The van der Waals surface area contributed by atoms with Crippen molar-refractivity contribution in [2.75, 3.05) is 0 Å². The van der Waals surface area contributed by atoms with Gasteiger partial charge in [0.1, 0.15) is 5.82 Å². The van der Waals surface area contributed by atoms with Gasteiger partial charge in [-0.3, -0.25) is 0 Å². The maximum atomic E-state index is 13.0. The van der Waals surface area contributed by atoms with E-state index in [1.807, 2.05) is 6.92 Å². The Morgan fingerprint density at radius 2 is 1.90 bits per heavy atom. The molecule has 4 nitrogen and oxygen atoms in total. The third-order valence-electron chi connectivity index (χ3n) is 2.81. The molecule has 0 aliphatic carbocycles. The van der Waals surface area contributed by atoms with Gasteiger partial charge in [0.15, 0.2) is 0 Å². The monoisotopic (exact) mass is 306 g/mol. The summed E-state index contributed by atoms with van der Waals surface area (Å²) in [7, 11) is -3.66. The number of hydrogen-bond acceptors (Lipinski definition) is 3. The Bertz CT molecular complexity index is 741. The summed E-state index contributed by atoms with van der Waals surface area (Å²) in [5, 5.41) is 3.68. The molecule has 0 saturated carbocycles. The highest BCUT2D eigenvalue weighted by atomic mass is 32.2. The number of nitrogens with zero attached hydrogens (tertiary/aromatic N) is 1. The lowest BCUT2D eigenvalue weighted by atomic mass is 10.2. The molecule has 110 valence electrons. The van der Waals surface area contributed by atoms with Crippen LogP contribution in [0, 0.1) is 12.7 Å². The zero-order chi connectivity index (χ0) is 15.3. The van der Waals surface area contributed by atoms with Gasteiger partial charge in [-0.05, 0) is 36.8 Å². The minimum absolute atomic E-state index is 0.149. The average Bonchev–Trinajstić information content (AvgIpc) is 2.44. The van der Waals surface area contributed by atoms with Crippen LogP contribution >= 0.6 is 0 Å². The molecule has 2 aromatic rings. The van der Waals surface area contributed by atoms with Gasteiger partial charge in [-0.15, -0.1) is 0 Å². The Balaban J connectivity index is 1.98. The second kappa shape index (κ2) is 6.49. The first kappa shape index (κ1) is 15.2. The second-order valence-electron chi connectivity index (χ2n) is 4.55. The van der Waals surface area contributed by atoms with Crippen molar-refractivity contribution in [2.24, 2.45) is 5.10 Å². The Morgan fingerprint density at radius 1 is 1.19 bits per heavy atom. The lowest BCUT2D eigenvalue weighted by Gasteiger charge is -2.03. The van der Waals surface area contributed by atoms with Crippen LogP contribution in [0.3, 0.4) is 0 Å². The van der Waals surface area contributed by atoms with Gasteiger partial charge in [-0.1, -0.05) is 29.8 Å². The first-order valence-electron chi connectivity index (χ1n) is 6.32. The van der Waals surface area contributed by atoms with Crippen molar-refractivity contribution in [3.63, 3.8) is 0 Å². The summed E-state index contributed by atoms with van der Waals surface area (Å²) in [4.78, 5) is 2.28. The predicted octanol–water partition coefficient (Wildman–Crippen LogP) is 2.64. The highest BCUT2D eigenvalue weighted by Crippen LogP contribution is 2.09. The topological polar surface area (TPSA) is 58.5 Å². The normalized spacial score (nSPS) is 11.7. The fourth-order valence-electron chi connectivity index (χ4n) is 1.69. The highest BCUT2D eigenvalue weighted by Gasteiger charge is 2.11. The number of aryl methyl sites for hydroxylation is 1. The number of hydrogen-bond donors (Lipinski definition) is 1. The smallest absolute Gasteiger partial charge is 0.207 e. The molecule has 0 aliphatic rings. The summed E-state index contributed by atoms with van der Waals surface area (Å²) < 4.78 is 36.8. The largest absolute Gasteiger partial charge is 0.276 e. The van der Waals surface area contributed by atoms with Crippen LogP contribution in [0.25, 0.3) is 0 Å². The van der Waals surface area contributed by atoms with Crippen molar-refractivity contribution in [1.29, 1.82) is 0 Å². The van der Waals surface area contributed by atoms with Gasteiger partial charge in [0.2, 0.25) is 0 Å². The van der Waals surface area contributed by atoms with E-state index in [-0.39, 0.29) is 10.7 Å². The van der Waals surface area contributed by atoms with Crippen molar-refractivity contribution in [3.8, 4) is 0 Å². The minimum Gasteiger partial charge on any atom is -0.207 e. The maximum absolute atomic E-state index is 13.0. The van der Waals surface area contributed by atoms with Gasteiger partial charge >= 0.3 is 0 Å². The van der Waals surface area contributed by atoms with Crippen LogP contribution in [0.4, 0.5) is 4.39 Å². The van der Waals surface area contributed by atoms with Crippen LogP contribution in [0.15, 0.2) is 58.5 Å². The van der Waals surface area contributed by atoms with Crippen molar-refractivity contribution in [1.82, 2.24) is 4.83 Å². The molecule has 21 heavy (non-hydrogen) atoms. The Hall–Kier alpha value is -2.21. The standard InChI is InChI=1S/C15H15FN2O2S/c1-12-5-7-15(8-6-12)21(19,20)18-17-10-9-13-3-2-4-14(16)11-13/h2-8,10-11,18H,9H2,1H3/b17-10+. The third kappa shape index (κ3) is 4.39. The highest BCUT2D eigenvalue weighted by molar-refractivity contribution is 7.89. The van der Waals surface area contributed by atoms with Crippen molar-refractivity contribution in [3.05, 3.63) is 65.5 Å². The van der Waals surface area contributed by atoms with Gasteiger partial charge < -0.3 is 0 Å². The van der Waals surface area contributed by atoms with Crippen LogP contribution in [-0.4, -0.2) is 14.6 Å². The second-order valence-corrected chi connectivity index (χ2v) is 6.21. The fourth-order valence-corrected chi connectivity index (χ4v) is 2.50. The molecule has 0 atom stereocenters. The van der Waals surface area contributed by atoms with E-state index in [0.29, 0.717) is 12.0 Å². The molecule has 0 heterocycles. The van der Waals surface area contributed by atoms with Gasteiger partial charge in [-0.25, -0.2) is 9.22 Å². The van der Waals surface area contributed by atoms with Gasteiger partial charge in [0.05, 0.1) is 4.90 Å². The molecule has 0 unspecified atom stereocenters. The summed E-state index contributed by atoms with van der Waals surface area (Å²) in [6.45, 7) is 1.88. The molecule has 0 amide bonds. The van der Waals surface area contributed by atoms with E-state index in [9.17, 15) is 12.8 Å². The zero-order valence-corrected chi connectivity index (χ0v) is 12.3.